The van der Waals surface area contributed by atoms with Crippen molar-refractivity contribution in [3.8, 4) is 0 Å². The Balaban J connectivity index is 3.28. The van der Waals surface area contributed by atoms with Gasteiger partial charge in [-0.25, -0.2) is 0 Å². The summed E-state index contributed by atoms with van der Waals surface area (Å²) in [5, 5.41) is 0. The van der Waals surface area contributed by atoms with Crippen LogP contribution in [0.4, 0.5) is 0 Å². The third kappa shape index (κ3) is 11.0. The molecule has 0 N–H and O–H groups in total. The molecule has 0 fully saturated rings. The van der Waals surface area contributed by atoms with Gasteiger partial charge in [-0.2, -0.15) is 0 Å². The van der Waals surface area contributed by atoms with Crippen molar-refractivity contribution in [2.75, 3.05) is 13.2 Å². The molecule has 0 spiro atoms. The molecule has 0 aliphatic rings. The molecule has 0 aliphatic carbocycles. The third-order valence-electron chi connectivity index (χ3n) is 2.59. The predicted molar refractivity (Wildman–Crippen MR) is 69.9 cm³/mol. The molecule has 0 bridgehead atoms. The minimum absolute atomic E-state index is 0.109. The van der Waals surface area contributed by atoms with E-state index in [9.17, 15) is 0 Å². The Labute approximate surface area is 107 Å². The van der Waals surface area contributed by atoms with Gasteiger partial charge in [-0.3, -0.25) is 0 Å². The van der Waals surface area contributed by atoms with Crippen molar-refractivity contribution in [3.05, 3.63) is 0 Å². The molecular weight excluding hydrogens is 291 g/mol. The van der Waals surface area contributed by atoms with Crippen LogP contribution in [0.2, 0.25) is 8.37 Å². The summed E-state index contributed by atoms with van der Waals surface area (Å²) in [5.74, 6) is 0. The summed E-state index contributed by atoms with van der Waals surface area (Å²) in [4.78, 5) is 0. The fourth-order valence-electron chi connectivity index (χ4n) is 1.74. The van der Waals surface area contributed by atoms with E-state index in [1.165, 1.54) is 43.0 Å². The summed E-state index contributed by atoms with van der Waals surface area (Å²) in [6.07, 6.45) is 8.06. The molecule has 0 saturated carbocycles. The van der Waals surface area contributed by atoms with Crippen LogP contribution >= 0.6 is 0 Å². The van der Waals surface area contributed by atoms with Gasteiger partial charge in [0.1, 0.15) is 0 Å². The van der Waals surface area contributed by atoms with E-state index in [4.69, 9.17) is 4.74 Å². The molecule has 0 aromatic heterocycles. The van der Waals surface area contributed by atoms with Crippen LogP contribution < -0.4 is 0 Å². The van der Waals surface area contributed by atoms with Gasteiger partial charge in [0, 0.05) is 0 Å². The van der Waals surface area contributed by atoms with Gasteiger partial charge in [0.2, 0.25) is 0 Å². The number of ether oxygens (including phenoxy) is 1. The number of hydrogen-bond donors (Lipinski definition) is 0. The van der Waals surface area contributed by atoms with Gasteiger partial charge in [0.15, 0.2) is 0 Å². The Hall–Kier alpha value is 0.759. The summed E-state index contributed by atoms with van der Waals surface area (Å²) in [6.45, 7) is 8.97. The quantitative estimate of drug-likeness (QED) is 0.407. The Morgan fingerprint density at radius 1 is 1.00 bits per heavy atom. The van der Waals surface area contributed by atoms with E-state index in [1.54, 1.807) is 0 Å². The van der Waals surface area contributed by atoms with Crippen LogP contribution in [0, 0.1) is 0 Å². The van der Waals surface area contributed by atoms with E-state index in [1.807, 2.05) is 0 Å². The first kappa shape index (κ1) is 15.8. The molecule has 0 amide bonds. The minimum atomic E-state index is -0.109. The molecule has 0 aliphatic heterocycles. The molecule has 1 nitrogen and oxygen atoms in total. The first-order valence-corrected chi connectivity index (χ1v) is 10.3. The van der Waals surface area contributed by atoms with E-state index >= 15 is 0 Å². The maximum atomic E-state index is 5.79. The first-order chi connectivity index (χ1) is 7.35. The molecule has 2 radical (unpaired) electrons. The molecule has 15 heavy (non-hydrogen) atoms. The van der Waals surface area contributed by atoms with Crippen molar-refractivity contribution >= 4 is 21.1 Å². The summed E-state index contributed by atoms with van der Waals surface area (Å²) in [6, 6.07) is 0. The fourth-order valence-corrected chi connectivity index (χ4v) is 5.46. The van der Waals surface area contributed by atoms with Gasteiger partial charge in [-0.1, -0.05) is 0 Å². The fraction of sp³-hybridized carbons (Fsp3) is 1.00. The zero-order valence-corrected chi connectivity index (χ0v) is 13.7. The second-order valence-electron chi connectivity index (χ2n) is 4.18. The van der Waals surface area contributed by atoms with Crippen molar-refractivity contribution in [3.63, 3.8) is 0 Å². The summed E-state index contributed by atoms with van der Waals surface area (Å²) < 4.78 is 8.24. The number of hydrogen-bond acceptors (Lipinski definition) is 1. The molecule has 0 saturated heterocycles. The van der Waals surface area contributed by atoms with E-state index < -0.39 is 0 Å². The van der Waals surface area contributed by atoms with E-state index in [0.29, 0.717) is 0 Å². The Morgan fingerprint density at radius 2 is 1.80 bits per heavy atom. The van der Waals surface area contributed by atoms with Crippen LogP contribution in [-0.2, 0) is 4.74 Å². The molecule has 0 aromatic rings. The summed E-state index contributed by atoms with van der Waals surface area (Å²) in [5.41, 5.74) is 0. The number of unbranched alkanes of at least 4 members (excludes halogenated alkanes) is 3. The van der Waals surface area contributed by atoms with Crippen LogP contribution in [0.5, 0.6) is 0 Å². The number of rotatable bonds is 11. The molecular formula is C13H28OSn. The maximum absolute atomic E-state index is 5.79. The van der Waals surface area contributed by atoms with E-state index in [0.717, 1.165) is 17.1 Å². The van der Waals surface area contributed by atoms with Crippen LogP contribution in [-0.4, -0.2) is 34.4 Å². The zero-order valence-electron chi connectivity index (χ0n) is 10.8. The van der Waals surface area contributed by atoms with Gasteiger partial charge < -0.3 is 0 Å². The average molecular weight is 319 g/mol. The van der Waals surface area contributed by atoms with Crippen molar-refractivity contribution in [2.24, 2.45) is 0 Å². The van der Waals surface area contributed by atoms with E-state index in [-0.39, 0.29) is 21.1 Å². The van der Waals surface area contributed by atoms with Crippen molar-refractivity contribution in [2.45, 2.75) is 67.7 Å². The Bertz CT molecular complexity index is 111. The van der Waals surface area contributed by atoms with Crippen molar-refractivity contribution < 1.29 is 4.74 Å². The van der Waals surface area contributed by atoms with Crippen LogP contribution in [0.3, 0.4) is 0 Å². The summed E-state index contributed by atoms with van der Waals surface area (Å²) in [7, 11) is 0. The zero-order chi connectivity index (χ0) is 11.4. The molecule has 0 aromatic carbocycles. The topological polar surface area (TPSA) is 9.23 Å². The molecule has 90 valence electrons. The summed E-state index contributed by atoms with van der Waals surface area (Å²) >= 11 is -0.109. The van der Waals surface area contributed by atoms with Crippen LogP contribution in [0.1, 0.15) is 59.3 Å². The second kappa shape index (κ2) is 12.8. The average Bonchev–Trinajstić information content (AvgIpc) is 2.24. The standard InChI is InChI=1S/C11H23O.C2H5.Sn/c1-3-5-7-9-11-12-10-8-6-4-2;1-2;/h8H,3-7,9-11H2,1-2H3;1H2,2H3;. The van der Waals surface area contributed by atoms with Crippen molar-refractivity contribution in [1.29, 1.82) is 0 Å². The molecule has 2 heteroatoms. The van der Waals surface area contributed by atoms with Gasteiger partial charge >= 0.3 is 107 Å². The van der Waals surface area contributed by atoms with Gasteiger partial charge in [-0.15, -0.1) is 0 Å². The van der Waals surface area contributed by atoms with Gasteiger partial charge in [0.05, 0.1) is 0 Å². The molecule has 1 atom stereocenters. The molecule has 0 rings (SSSR count). The normalized spacial score (nSPS) is 13.0. The monoisotopic (exact) mass is 320 g/mol. The van der Waals surface area contributed by atoms with Crippen LogP contribution in [0.25, 0.3) is 0 Å². The van der Waals surface area contributed by atoms with Gasteiger partial charge in [0.25, 0.3) is 0 Å². The Kier molecular flexibility index (Phi) is 13.5. The second-order valence-corrected chi connectivity index (χ2v) is 9.69. The van der Waals surface area contributed by atoms with E-state index in [2.05, 4.69) is 20.8 Å². The third-order valence-corrected chi connectivity index (χ3v) is 6.70. The SMILES string of the molecule is CCCCCCOC[CH](CCC)[Sn][CH2]C. The van der Waals surface area contributed by atoms with Crippen LogP contribution in [0.15, 0.2) is 0 Å². The Morgan fingerprint density at radius 3 is 2.40 bits per heavy atom. The predicted octanol–water partition coefficient (Wildman–Crippen LogP) is 4.31. The van der Waals surface area contributed by atoms with Gasteiger partial charge in [-0.05, 0) is 0 Å². The van der Waals surface area contributed by atoms with Crippen molar-refractivity contribution in [1.82, 2.24) is 0 Å². The first-order valence-electron chi connectivity index (χ1n) is 6.66. The molecule has 0 heterocycles. The molecule has 1 unspecified atom stereocenters.